The number of aryl methyl sites for hydroxylation is 2. The van der Waals surface area contributed by atoms with Crippen molar-refractivity contribution in [2.75, 3.05) is 26.8 Å². The molecule has 0 unspecified atom stereocenters. The second kappa shape index (κ2) is 6.52. The number of amides is 1. The topological polar surface area (TPSA) is 66.8 Å². The van der Waals surface area contributed by atoms with Gasteiger partial charge in [-0.1, -0.05) is 6.07 Å². The van der Waals surface area contributed by atoms with Crippen LogP contribution >= 0.6 is 0 Å². The molecule has 5 heteroatoms. The van der Waals surface area contributed by atoms with Crippen LogP contribution in [0.5, 0.6) is 0 Å². The first-order chi connectivity index (χ1) is 9.61. The zero-order chi connectivity index (χ0) is 14.5. The third kappa shape index (κ3) is 3.36. The normalized spacial score (nSPS) is 13.1. The van der Waals surface area contributed by atoms with Crippen molar-refractivity contribution in [2.24, 2.45) is 0 Å². The van der Waals surface area contributed by atoms with Crippen LogP contribution in [0.25, 0.3) is 0 Å². The second-order valence-electron chi connectivity index (χ2n) is 4.95. The zero-order valence-electron chi connectivity index (χ0n) is 11.6. The molecule has 108 valence electrons. The van der Waals surface area contributed by atoms with Gasteiger partial charge < -0.3 is 14.7 Å². The summed E-state index contributed by atoms with van der Waals surface area (Å²) in [5, 5.41) is 8.90. The number of aliphatic carboxylic acids is 1. The summed E-state index contributed by atoms with van der Waals surface area (Å²) in [6.07, 6.45) is 3.18. The Labute approximate surface area is 118 Å². The number of carbonyl (C=O) groups is 2. The van der Waals surface area contributed by atoms with Gasteiger partial charge in [-0.05, 0) is 42.5 Å². The Balaban J connectivity index is 2.15. The number of hydrogen-bond acceptors (Lipinski definition) is 3. The van der Waals surface area contributed by atoms with Crippen molar-refractivity contribution in [3.8, 4) is 0 Å². The van der Waals surface area contributed by atoms with Crippen LogP contribution in [0.15, 0.2) is 18.2 Å². The van der Waals surface area contributed by atoms with Gasteiger partial charge in [-0.2, -0.15) is 0 Å². The van der Waals surface area contributed by atoms with Gasteiger partial charge >= 0.3 is 5.97 Å². The summed E-state index contributed by atoms with van der Waals surface area (Å²) in [4.78, 5) is 24.6. The molecule has 0 spiro atoms. The zero-order valence-corrected chi connectivity index (χ0v) is 11.6. The average Bonchev–Trinajstić information content (AvgIpc) is 2.89. The van der Waals surface area contributed by atoms with E-state index in [1.165, 1.54) is 23.1 Å². The highest BCUT2D eigenvalue weighted by Gasteiger charge is 2.20. The van der Waals surface area contributed by atoms with Crippen molar-refractivity contribution in [1.82, 2.24) is 4.90 Å². The van der Waals surface area contributed by atoms with E-state index in [0.717, 1.165) is 19.3 Å². The number of hydrogen-bond donors (Lipinski definition) is 1. The number of fused-ring (bicyclic) bond motifs is 1. The number of nitrogens with zero attached hydrogens (tertiary/aromatic N) is 1. The minimum atomic E-state index is -1.02. The summed E-state index contributed by atoms with van der Waals surface area (Å²) in [6, 6.07) is 5.66. The molecule has 0 saturated carbocycles. The van der Waals surface area contributed by atoms with Crippen LogP contribution in [0, 0.1) is 0 Å². The van der Waals surface area contributed by atoms with Crippen LogP contribution in [0.1, 0.15) is 27.9 Å². The van der Waals surface area contributed by atoms with E-state index >= 15 is 0 Å². The molecule has 0 radical (unpaired) electrons. The summed E-state index contributed by atoms with van der Waals surface area (Å²) < 4.78 is 4.93. The summed E-state index contributed by atoms with van der Waals surface area (Å²) in [7, 11) is 1.53. The van der Waals surface area contributed by atoms with Crippen LogP contribution in [0.4, 0.5) is 0 Å². The van der Waals surface area contributed by atoms with Crippen molar-refractivity contribution in [3.63, 3.8) is 0 Å². The Bertz CT molecular complexity index is 513. The predicted octanol–water partition coefficient (Wildman–Crippen LogP) is 1.35. The highest BCUT2D eigenvalue weighted by atomic mass is 16.5. The molecule has 0 bridgehead atoms. The minimum Gasteiger partial charge on any atom is -0.480 e. The summed E-state index contributed by atoms with van der Waals surface area (Å²) in [6.45, 7) is 0.294. The lowest BCUT2D eigenvalue weighted by atomic mass is 10.1. The Kier molecular flexibility index (Phi) is 4.74. The van der Waals surface area contributed by atoms with Gasteiger partial charge in [-0.15, -0.1) is 0 Å². The first-order valence-corrected chi connectivity index (χ1v) is 6.73. The molecule has 0 atom stereocenters. The third-order valence-corrected chi connectivity index (χ3v) is 3.52. The maximum atomic E-state index is 12.4. The van der Waals surface area contributed by atoms with Crippen molar-refractivity contribution >= 4 is 11.9 Å². The number of carboxylic acid groups (broad SMARTS) is 1. The van der Waals surface area contributed by atoms with E-state index in [-0.39, 0.29) is 19.0 Å². The third-order valence-electron chi connectivity index (χ3n) is 3.52. The van der Waals surface area contributed by atoms with Crippen molar-refractivity contribution < 1.29 is 19.4 Å². The van der Waals surface area contributed by atoms with Gasteiger partial charge in [0.05, 0.1) is 6.61 Å². The molecule has 1 aromatic carbocycles. The highest BCUT2D eigenvalue weighted by Crippen LogP contribution is 2.23. The van der Waals surface area contributed by atoms with E-state index in [1.54, 1.807) is 6.07 Å². The molecule has 5 nitrogen and oxygen atoms in total. The molecular formula is C15H19NO4. The molecule has 0 aliphatic heterocycles. The van der Waals surface area contributed by atoms with Gasteiger partial charge in [0, 0.05) is 19.2 Å². The maximum Gasteiger partial charge on any atom is 0.323 e. The number of carboxylic acids is 1. The number of carbonyl (C=O) groups excluding carboxylic acids is 1. The van der Waals surface area contributed by atoms with Crippen LogP contribution in [0.2, 0.25) is 0 Å². The monoisotopic (exact) mass is 277 g/mol. The first kappa shape index (κ1) is 14.5. The Hall–Kier alpha value is -1.88. The molecular weight excluding hydrogens is 258 g/mol. The lowest BCUT2D eigenvalue weighted by Gasteiger charge is -2.20. The smallest absolute Gasteiger partial charge is 0.323 e. The predicted molar refractivity (Wildman–Crippen MR) is 73.9 cm³/mol. The lowest BCUT2D eigenvalue weighted by Crippen LogP contribution is -2.38. The molecule has 1 N–H and O–H groups in total. The molecule has 0 heterocycles. The number of ether oxygens (including phenoxy) is 1. The van der Waals surface area contributed by atoms with Crippen molar-refractivity contribution in [1.29, 1.82) is 0 Å². The molecule has 0 saturated heterocycles. The largest absolute Gasteiger partial charge is 0.480 e. The molecule has 1 aromatic rings. The van der Waals surface area contributed by atoms with Gasteiger partial charge in [0.15, 0.2) is 0 Å². The molecule has 0 aromatic heterocycles. The van der Waals surface area contributed by atoms with Gasteiger partial charge in [0.25, 0.3) is 5.91 Å². The van der Waals surface area contributed by atoms with Gasteiger partial charge in [-0.25, -0.2) is 0 Å². The molecule has 1 amide bonds. The van der Waals surface area contributed by atoms with Crippen LogP contribution in [-0.4, -0.2) is 48.7 Å². The van der Waals surface area contributed by atoms with E-state index in [9.17, 15) is 9.59 Å². The fourth-order valence-corrected chi connectivity index (χ4v) is 2.50. The van der Waals surface area contributed by atoms with Gasteiger partial charge in [0.1, 0.15) is 6.54 Å². The fourth-order valence-electron chi connectivity index (χ4n) is 2.50. The van der Waals surface area contributed by atoms with Crippen molar-refractivity contribution in [3.05, 3.63) is 34.9 Å². The molecule has 20 heavy (non-hydrogen) atoms. The summed E-state index contributed by atoms with van der Waals surface area (Å²) in [5.74, 6) is -1.27. The van der Waals surface area contributed by atoms with Crippen molar-refractivity contribution in [2.45, 2.75) is 19.3 Å². The first-order valence-electron chi connectivity index (χ1n) is 6.73. The SMILES string of the molecule is COCCN(CC(=O)O)C(=O)c1ccc2c(c1)CCC2. The number of benzene rings is 1. The van der Waals surface area contributed by atoms with E-state index in [0.29, 0.717) is 12.2 Å². The molecule has 2 rings (SSSR count). The second-order valence-corrected chi connectivity index (χ2v) is 4.95. The van der Waals surface area contributed by atoms with Crippen LogP contribution in [0.3, 0.4) is 0 Å². The van der Waals surface area contributed by atoms with E-state index in [2.05, 4.69) is 0 Å². The Morgan fingerprint density at radius 2 is 2.05 bits per heavy atom. The maximum absolute atomic E-state index is 12.4. The molecule has 0 fully saturated rings. The standard InChI is InChI=1S/C15H19NO4/c1-20-8-7-16(10-14(17)18)15(19)13-6-5-11-3-2-4-12(11)9-13/h5-6,9H,2-4,7-8,10H2,1H3,(H,17,18). The highest BCUT2D eigenvalue weighted by molar-refractivity contribution is 5.96. The number of methoxy groups -OCH3 is 1. The van der Waals surface area contributed by atoms with E-state index in [4.69, 9.17) is 9.84 Å². The molecule has 1 aliphatic carbocycles. The quantitative estimate of drug-likeness (QED) is 0.852. The minimum absolute atomic E-state index is 0.251. The summed E-state index contributed by atoms with van der Waals surface area (Å²) >= 11 is 0. The van der Waals surface area contributed by atoms with Crippen LogP contribution < -0.4 is 0 Å². The van der Waals surface area contributed by atoms with Gasteiger partial charge in [0.2, 0.25) is 0 Å². The van der Waals surface area contributed by atoms with E-state index < -0.39 is 5.97 Å². The van der Waals surface area contributed by atoms with Gasteiger partial charge in [-0.3, -0.25) is 9.59 Å². The fraction of sp³-hybridized carbons (Fsp3) is 0.467. The Morgan fingerprint density at radius 3 is 2.75 bits per heavy atom. The van der Waals surface area contributed by atoms with E-state index in [1.807, 2.05) is 12.1 Å². The summed E-state index contributed by atoms with van der Waals surface area (Å²) in [5.41, 5.74) is 3.06. The average molecular weight is 277 g/mol. The number of rotatable bonds is 6. The molecule has 1 aliphatic rings. The van der Waals surface area contributed by atoms with Crippen LogP contribution in [-0.2, 0) is 22.4 Å². The lowest BCUT2D eigenvalue weighted by molar-refractivity contribution is -0.137. The Morgan fingerprint density at radius 1 is 1.30 bits per heavy atom.